The highest BCUT2D eigenvalue weighted by molar-refractivity contribution is 6.15. The van der Waals surface area contributed by atoms with Gasteiger partial charge in [-0.05, 0) is 82.9 Å². The molecule has 5 heteroatoms. The van der Waals surface area contributed by atoms with Crippen molar-refractivity contribution in [2.75, 3.05) is 17.3 Å². The molecule has 2 aliphatic rings. The van der Waals surface area contributed by atoms with Crippen LogP contribution >= 0.6 is 0 Å². The van der Waals surface area contributed by atoms with Crippen LogP contribution in [0.5, 0.6) is 0 Å². The first-order valence-corrected chi connectivity index (χ1v) is 20.3. The molecular weight excluding hydrogens is 719 g/mol. The first-order chi connectivity index (χ1) is 29.2. The lowest BCUT2D eigenvalue weighted by Gasteiger charge is -2.37. The number of likely N-dealkylation sites (N-methyl/N-ethyl adjacent to an activating group) is 1. The van der Waals surface area contributed by atoms with Crippen LogP contribution in [0.3, 0.4) is 0 Å². The minimum absolute atomic E-state index is 0.0910. The number of aliphatic imine (C=N–C) groups is 1. The predicted molar refractivity (Wildman–Crippen MR) is 248 cm³/mol. The van der Waals surface area contributed by atoms with Gasteiger partial charge in [0, 0.05) is 45.5 Å². The van der Waals surface area contributed by atoms with Crippen LogP contribution in [0.15, 0.2) is 199 Å². The highest BCUT2D eigenvalue weighted by atomic mass is 15.3. The maximum absolute atomic E-state index is 5.37. The maximum Gasteiger partial charge on any atom is 0.150 e. The zero-order valence-electron chi connectivity index (χ0n) is 32.5. The van der Waals surface area contributed by atoms with Gasteiger partial charge in [0.05, 0.1) is 45.2 Å². The topological polar surface area (TPSA) is 37.5 Å². The molecule has 0 saturated carbocycles. The molecule has 1 N–H and O–H groups in total. The lowest BCUT2D eigenvalue weighted by atomic mass is 9.99. The molecule has 2 atom stereocenters. The minimum Gasteiger partial charge on any atom is -0.374 e. The van der Waals surface area contributed by atoms with E-state index < -0.39 is 0 Å². The first-order valence-electron chi connectivity index (χ1n) is 20.3. The highest BCUT2D eigenvalue weighted by Crippen LogP contribution is 2.44. The molecule has 0 fully saturated rings. The number of anilines is 2. The Kier molecular flexibility index (Phi) is 7.51. The van der Waals surface area contributed by atoms with Crippen LogP contribution in [0.2, 0.25) is 0 Å². The molecule has 2 unspecified atom stereocenters. The van der Waals surface area contributed by atoms with Crippen molar-refractivity contribution in [2.24, 2.45) is 4.99 Å². The minimum atomic E-state index is -0.171. The van der Waals surface area contributed by atoms with Gasteiger partial charge in [0.25, 0.3) is 0 Å². The van der Waals surface area contributed by atoms with Gasteiger partial charge in [-0.25, -0.2) is 4.99 Å². The van der Waals surface area contributed by atoms with Gasteiger partial charge in [-0.15, -0.1) is 0 Å². The number of nitrogens with one attached hydrogen (secondary N) is 1. The number of nitrogens with zero attached hydrogens (tertiary/aromatic N) is 4. The van der Waals surface area contributed by atoms with E-state index in [9.17, 15) is 0 Å². The Bertz CT molecular complexity index is 3350. The molecule has 0 spiro atoms. The number of hydrogen-bond donors (Lipinski definition) is 1. The van der Waals surface area contributed by atoms with E-state index in [1.165, 1.54) is 65.9 Å². The van der Waals surface area contributed by atoms with Crippen LogP contribution in [0.1, 0.15) is 28.9 Å². The molecule has 59 heavy (non-hydrogen) atoms. The molecule has 0 amide bonds. The number of para-hydroxylation sites is 5. The molecule has 2 aromatic heterocycles. The smallest absolute Gasteiger partial charge is 0.150 e. The molecule has 0 aliphatic carbocycles. The van der Waals surface area contributed by atoms with Crippen molar-refractivity contribution in [3.63, 3.8) is 0 Å². The fourth-order valence-electron chi connectivity index (χ4n) is 9.59. The summed E-state index contributed by atoms with van der Waals surface area (Å²) in [4.78, 5) is 7.76. The third-order valence-corrected chi connectivity index (χ3v) is 12.4. The largest absolute Gasteiger partial charge is 0.374 e. The maximum atomic E-state index is 5.37. The molecule has 10 aromatic rings. The highest BCUT2D eigenvalue weighted by Gasteiger charge is 2.32. The molecular formula is C54H39N5. The summed E-state index contributed by atoms with van der Waals surface area (Å²) in [6, 6.07) is 68.2. The van der Waals surface area contributed by atoms with Crippen molar-refractivity contribution in [1.82, 2.24) is 9.13 Å². The van der Waals surface area contributed by atoms with Crippen LogP contribution in [0, 0.1) is 0 Å². The van der Waals surface area contributed by atoms with Gasteiger partial charge in [-0.3, -0.25) is 0 Å². The van der Waals surface area contributed by atoms with Gasteiger partial charge in [-0.2, -0.15) is 0 Å². The van der Waals surface area contributed by atoms with Crippen LogP contribution in [0.25, 0.3) is 66.5 Å². The molecule has 0 radical (unpaired) electrons. The van der Waals surface area contributed by atoms with Gasteiger partial charge < -0.3 is 19.4 Å². The van der Waals surface area contributed by atoms with Gasteiger partial charge in [-0.1, -0.05) is 140 Å². The summed E-state index contributed by atoms with van der Waals surface area (Å²) in [5, 5.41) is 8.67. The number of rotatable bonds is 5. The van der Waals surface area contributed by atoms with E-state index in [0.29, 0.717) is 0 Å². The van der Waals surface area contributed by atoms with Crippen LogP contribution in [-0.2, 0) is 0 Å². The second-order valence-electron chi connectivity index (χ2n) is 15.7. The number of benzene rings is 8. The molecule has 0 saturated heterocycles. The van der Waals surface area contributed by atoms with Gasteiger partial charge >= 0.3 is 0 Å². The van der Waals surface area contributed by atoms with Crippen LogP contribution < -0.4 is 10.2 Å². The average Bonchev–Trinajstić information content (AvgIpc) is 3.81. The van der Waals surface area contributed by atoms with E-state index in [4.69, 9.17) is 4.99 Å². The normalized spacial score (nSPS) is 16.0. The summed E-state index contributed by atoms with van der Waals surface area (Å²) in [6.07, 6.45) is 4.32. The molecule has 5 nitrogen and oxygen atoms in total. The van der Waals surface area contributed by atoms with E-state index in [1.54, 1.807) is 0 Å². The Balaban J connectivity index is 1.01. The van der Waals surface area contributed by atoms with Gasteiger partial charge in [0.1, 0.15) is 0 Å². The first kappa shape index (κ1) is 33.5. The SMILES string of the molecule is CN1c2ccccc2N=C(c2ccccc2)C1n1c2ccccc2c2ccc(-c3ccc4c(c3)c3ccccc3n4-c3cccc(C4C=Cc5ccccc5N4)c3)cc21. The number of hydrogen-bond acceptors (Lipinski definition) is 3. The Morgan fingerprint density at radius 3 is 2.10 bits per heavy atom. The Labute approximate surface area is 342 Å². The molecule has 0 bridgehead atoms. The Hall–Kier alpha value is -7.63. The van der Waals surface area contributed by atoms with Crippen LogP contribution in [0.4, 0.5) is 17.1 Å². The van der Waals surface area contributed by atoms with Gasteiger partial charge in [0.2, 0.25) is 0 Å². The summed E-state index contributed by atoms with van der Waals surface area (Å²) in [5.74, 6) is 0. The Morgan fingerprint density at radius 1 is 0.508 bits per heavy atom. The molecule has 280 valence electrons. The van der Waals surface area contributed by atoms with E-state index in [-0.39, 0.29) is 12.2 Å². The van der Waals surface area contributed by atoms with E-state index in [2.05, 4.69) is 227 Å². The molecule has 8 aromatic carbocycles. The van der Waals surface area contributed by atoms with E-state index in [1.807, 2.05) is 0 Å². The summed E-state index contributed by atoms with van der Waals surface area (Å²) < 4.78 is 4.92. The predicted octanol–water partition coefficient (Wildman–Crippen LogP) is 13.5. The lowest BCUT2D eigenvalue weighted by molar-refractivity contribution is 0.657. The van der Waals surface area contributed by atoms with Crippen molar-refractivity contribution in [3.8, 4) is 16.8 Å². The zero-order valence-corrected chi connectivity index (χ0v) is 32.5. The van der Waals surface area contributed by atoms with Crippen molar-refractivity contribution in [3.05, 3.63) is 211 Å². The number of aromatic nitrogens is 2. The quantitative estimate of drug-likeness (QED) is 0.190. The summed E-state index contributed by atoms with van der Waals surface area (Å²) >= 11 is 0. The van der Waals surface area contributed by atoms with Crippen LogP contribution in [-0.4, -0.2) is 21.9 Å². The fraction of sp³-hybridized carbons (Fsp3) is 0.0556. The van der Waals surface area contributed by atoms with E-state index >= 15 is 0 Å². The fourth-order valence-corrected chi connectivity index (χ4v) is 9.59. The third kappa shape index (κ3) is 5.28. The lowest BCUT2D eigenvalue weighted by Crippen LogP contribution is -2.38. The van der Waals surface area contributed by atoms with Crippen molar-refractivity contribution >= 4 is 72.5 Å². The second kappa shape index (κ2) is 13.2. The van der Waals surface area contributed by atoms with Crippen molar-refractivity contribution in [2.45, 2.75) is 12.2 Å². The summed E-state index contributed by atoms with van der Waals surface area (Å²) in [5.41, 5.74) is 16.1. The van der Waals surface area contributed by atoms with Gasteiger partial charge in [0.15, 0.2) is 6.17 Å². The number of fused-ring (bicyclic) bond motifs is 8. The van der Waals surface area contributed by atoms with E-state index in [0.717, 1.165) is 34.0 Å². The zero-order chi connectivity index (χ0) is 39.0. The van der Waals surface area contributed by atoms with Crippen molar-refractivity contribution in [1.29, 1.82) is 0 Å². The molecule has 4 heterocycles. The average molecular weight is 758 g/mol. The Morgan fingerprint density at radius 2 is 1.20 bits per heavy atom. The molecule has 12 rings (SSSR count). The monoisotopic (exact) mass is 757 g/mol. The standard InChI is InChI=1S/C54H39N5/c1-57-51-25-12-9-22-47(51)56-53(36-15-3-2-4-16-36)54(57)59-49-24-11-6-19-41(49)43-29-26-38(34-52(43)59)37-28-31-50-44(33-37)42-20-7-10-23-48(42)58(50)40-18-13-17-39(32-40)46-30-27-35-14-5-8-21-45(35)55-46/h2-34,46,54-55H,1H3. The second-order valence-corrected chi connectivity index (χ2v) is 15.7. The third-order valence-electron chi connectivity index (χ3n) is 12.4. The van der Waals surface area contributed by atoms with Crippen molar-refractivity contribution < 1.29 is 0 Å². The summed E-state index contributed by atoms with van der Waals surface area (Å²) in [7, 11) is 2.20. The summed E-state index contributed by atoms with van der Waals surface area (Å²) in [6.45, 7) is 0. The molecule has 2 aliphatic heterocycles.